The number of rotatable bonds is 4. The highest BCUT2D eigenvalue weighted by molar-refractivity contribution is 6.04. The Bertz CT molecular complexity index is 877. The summed E-state index contributed by atoms with van der Waals surface area (Å²) in [5, 5.41) is 12.6. The van der Waals surface area contributed by atoms with Crippen molar-refractivity contribution in [2.24, 2.45) is 4.99 Å². The number of phenolic OH excluding ortho intramolecular Hbond substituents is 1. The van der Waals surface area contributed by atoms with E-state index in [1.54, 1.807) is 60.9 Å². The number of benzene rings is 2. The van der Waals surface area contributed by atoms with Crippen LogP contribution in [-0.2, 0) is 0 Å². The van der Waals surface area contributed by atoms with Gasteiger partial charge in [-0.2, -0.15) is 0 Å². The highest BCUT2D eigenvalue weighted by Gasteiger charge is 2.09. The second-order valence-corrected chi connectivity index (χ2v) is 5.00. The molecule has 5 heteroatoms. The molecule has 0 saturated heterocycles. The zero-order valence-electron chi connectivity index (χ0n) is 12.8. The van der Waals surface area contributed by atoms with Crippen LogP contribution < -0.4 is 5.32 Å². The number of hydrogen-bond acceptors (Lipinski definition) is 4. The minimum Gasteiger partial charge on any atom is -0.507 e. The highest BCUT2D eigenvalue weighted by Crippen LogP contribution is 2.25. The topological polar surface area (TPSA) is 74.6 Å². The number of pyridine rings is 1. The lowest BCUT2D eigenvalue weighted by Gasteiger charge is -2.07. The van der Waals surface area contributed by atoms with Crippen molar-refractivity contribution in [2.75, 3.05) is 5.32 Å². The average Bonchev–Trinajstić information content (AvgIpc) is 2.63. The molecule has 3 rings (SSSR count). The summed E-state index contributed by atoms with van der Waals surface area (Å²) in [6, 6.07) is 19.2. The minimum atomic E-state index is -0.305. The first kappa shape index (κ1) is 15.4. The van der Waals surface area contributed by atoms with Crippen molar-refractivity contribution in [3.05, 3.63) is 84.2 Å². The van der Waals surface area contributed by atoms with E-state index in [0.717, 1.165) is 0 Å². The van der Waals surface area contributed by atoms with Crippen LogP contribution in [0.5, 0.6) is 5.75 Å². The molecule has 1 aromatic heterocycles. The molecule has 0 atom stereocenters. The van der Waals surface area contributed by atoms with Gasteiger partial charge >= 0.3 is 0 Å². The van der Waals surface area contributed by atoms with Crippen LogP contribution in [0.1, 0.15) is 16.1 Å². The number of aromatic nitrogens is 1. The zero-order valence-corrected chi connectivity index (χ0v) is 12.8. The van der Waals surface area contributed by atoms with Crippen molar-refractivity contribution in [3.8, 4) is 5.75 Å². The zero-order chi connectivity index (χ0) is 16.8. The SMILES string of the molecule is O=C(Nc1ccccc1N=Cc1ccccc1O)c1ccccn1. The molecule has 2 N–H and O–H groups in total. The summed E-state index contributed by atoms with van der Waals surface area (Å²) in [5.41, 5.74) is 2.09. The summed E-state index contributed by atoms with van der Waals surface area (Å²) in [7, 11) is 0. The van der Waals surface area contributed by atoms with E-state index in [0.29, 0.717) is 22.6 Å². The van der Waals surface area contributed by atoms with E-state index in [4.69, 9.17) is 0 Å². The first-order valence-corrected chi connectivity index (χ1v) is 7.37. The van der Waals surface area contributed by atoms with Crippen LogP contribution in [-0.4, -0.2) is 22.2 Å². The van der Waals surface area contributed by atoms with Gasteiger partial charge in [-0.25, -0.2) is 0 Å². The summed E-state index contributed by atoms with van der Waals surface area (Å²) in [6.45, 7) is 0. The third kappa shape index (κ3) is 3.64. The predicted octanol–water partition coefficient (Wildman–Crippen LogP) is 3.79. The van der Waals surface area contributed by atoms with Gasteiger partial charge in [-0.15, -0.1) is 0 Å². The molecule has 0 aliphatic rings. The number of carbonyl (C=O) groups is 1. The summed E-state index contributed by atoms with van der Waals surface area (Å²) < 4.78 is 0. The summed E-state index contributed by atoms with van der Waals surface area (Å²) in [6.07, 6.45) is 3.12. The molecule has 0 saturated carbocycles. The molecule has 1 amide bonds. The monoisotopic (exact) mass is 317 g/mol. The Labute approximate surface area is 139 Å². The minimum absolute atomic E-state index is 0.149. The van der Waals surface area contributed by atoms with Crippen molar-refractivity contribution in [3.63, 3.8) is 0 Å². The van der Waals surface area contributed by atoms with Crippen LogP contribution in [0.3, 0.4) is 0 Å². The van der Waals surface area contributed by atoms with Crippen LogP contribution in [0.2, 0.25) is 0 Å². The Hall–Kier alpha value is -3.47. The lowest BCUT2D eigenvalue weighted by molar-refractivity contribution is 0.102. The maximum absolute atomic E-state index is 12.2. The fourth-order valence-electron chi connectivity index (χ4n) is 2.11. The molecule has 0 spiro atoms. The highest BCUT2D eigenvalue weighted by atomic mass is 16.3. The van der Waals surface area contributed by atoms with Gasteiger partial charge in [0.05, 0.1) is 11.4 Å². The second kappa shape index (κ2) is 7.19. The van der Waals surface area contributed by atoms with Gasteiger partial charge in [0.2, 0.25) is 0 Å². The smallest absolute Gasteiger partial charge is 0.274 e. The Morgan fingerprint density at radius 2 is 1.75 bits per heavy atom. The van der Waals surface area contributed by atoms with E-state index in [2.05, 4.69) is 15.3 Å². The number of anilines is 1. The van der Waals surface area contributed by atoms with Crippen molar-refractivity contribution in [1.29, 1.82) is 0 Å². The Morgan fingerprint density at radius 1 is 1.00 bits per heavy atom. The van der Waals surface area contributed by atoms with E-state index in [1.165, 1.54) is 0 Å². The van der Waals surface area contributed by atoms with Gasteiger partial charge in [-0.1, -0.05) is 30.3 Å². The number of aliphatic imine (C=N–C) groups is 1. The Morgan fingerprint density at radius 3 is 2.54 bits per heavy atom. The largest absolute Gasteiger partial charge is 0.507 e. The van der Waals surface area contributed by atoms with Crippen LogP contribution >= 0.6 is 0 Å². The maximum Gasteiger partial charge on any atom is 0.274 e. The normalized spacial score (nSPS) is 10.7. The van der Waals surface area contributed by atoms with E-state index in [9.17, 15) is 9.90 Å². The fourth-order valence-corrected chi connectivity index (χ4v) is 2.11. The fraction of sp³-hybridized carbons (Fsp3) is 0. The van der Waals surface area contributed by atoms with Crippen molar-refractivity contribution in [2.45, 2.75) is 0 Å². The van der Waals surface area contributed by atoms with Gasteiger partial charge in [0, 0.05) is 18.0 Å². The molecule has 0 aliphatic heterocycles. The number of aromatic hydroxyl groups is 1. The molecule has 2 aromatic carbocycles. The van der Waals surface area contributed by atoms with Crippen molar-refractivity contribution < 1.29 is 9.90 Å². The number of carbonyl (C=O) groups excluding carboxylic acids is 1. The molecular weight excluding hydrogens is 302 g/mol. The predicted molar refractivity (Wildman–Crippen MR) is 94.0 cm³/mol. The van der Waals surface area contributed by atoms with Gasteiger partial charge in [-0.05, 0) is 36.4 Å². The molecule has 0 fully saturated rings. The van der Waals surface area contributed by atoms with E-state index in [1.807, 2.05) is 18.2 Å². The van der Waals surface area contributed by atoms with E-state index in [-0.39, 0.29) is 11.7 Å². The van der Waals surface area contributed by atoms with Crippen LogP contribution in [0, 0.1) is 0 Å². The first-order chi connectivity index (χ1) is 11.7. The molecule has 5 nitrogen and oxygen atoms in total. The standard InChI is InChI=1S/C19H15N3O2/c23-18-11-4-1-7-14(18)13-21-15-8-2-3-9-16(15)22-19(24)17-10-5-6-12-20-17/h1-13,23H,(H,22,24). The van der Waals surface area contributed by atoms with Crippen LogP contribution in [0.25, 0.3) is 0 Å². The quantitative estimate of drug-likeness (QED) is 0.719. The van der Waals surface area contributed by atoms with Crippen LogP contribution in [0.15, 0.2) is 77.9 Å². The number of phenols is 1. The van der Waals surface area contributed by atoms with Gasteiger partial charge < -0.3 is 10.4 Å². The molecule has 0 radical (unpaired) electrons. The maximum atomic E-state index is 12.2. The second-order valence-electron chi connectivity index (χ2n) is 5.00. The van der Waals surface area contributed by atoms with Gasteiger partial charge in [0.15, 0.2) is 0 Å². The molecule has 1 heterocycles. The average molecular weight is 317 g/mol. The van der Waals surface area contributed by atoms with Gasteiger partial charge in [0.1, 0.15) is 11.4 Å². The molecule has 0 bridgehead atoms. The number of nitrogens with one attached hydrogen (secondary N) is 1. The van der Waals surface area contributed by atoms with Crippen LogP contribution in [0.4, 0.5) is 11.4 Å². The number of hydrogen-bond donors (Lipinski definition) is 2. The lowest BCUT2D eigenvalue weighted by atomic mass is 10.2. The molecule has 118 valence electrons. The van der Waals surface area contributed by atoms with E-state index >= 15 is 0 Å². The molecule has 3 aromatic rings. The first-order valence-electron chi connectivity index (χ1n) is 7.37. The summed E-state index contributed by atoms with van der Waals surface area (Å²) >= 11 is 0. The Balaban J connectivity index is 1.83. The van der Waals surface area contributed by atoms with Gasteiger partial charge in [-0.3, -0.25) is 14.8 Å². The summed E-state index contributed by atoms with van der Waals surface area (Å²) in [5.74, 6) is -0.155. The number of nitrogens with zero attached hydrogens (tertiary/aromatic N) is 2. The lowest BCUT2D eigenvalue weighted by Crippen LogP contribution is -2.13. The third-order valence-electron chi connectivity index (χ3n) is 3.33. The number of para-hydroxylation sites is 3. The third-order valence-corrected chi connectivity index (χ3v) is 3.33. The van der Waals surface area contributed by atoms with E-state index < -0.39 is 0 Å². The summed E-state index contributed by atoms with van der Waals surface area (Å²) in [4.78, 5) is 20.6. The van der Waals surface area contributed by atoms with Crippen molar-refractivity contribution in [1.82, 2.24) is 4.98 Å². The molecular formula is C19H15N3O2. The molecule has 0 unspecified atom stereocenters. The van der Waals surface area contributed by atoms with Crippen molar-refractivity contribution >= 4 is 23.5 Å². The molecule has 24 heavy (non-hydrogen) atoms. The molecule has 0 aliphatic carbocycles. The Kier molecular flexibility index (Phi) is 4.62. The van der Waals surface area contributed by atoms with Gasteiger partial charge in [0.25, 0.3) is 5.91 Å². The number of amides is 1.